The fourth-order valence-electron chi connectivity index (χ4n) is 2.30. The van der Waals surface area contributed by atoms with Gasteiger partial charge in [0.05, 0.1) is 23.9 Å². The Bertz CT molecular complexity index is 892. The number of anilines is 1. The van der Waals surface area contributed by atoms with Crippen LogP contribution < -0.4 is 10.5 Å². The average Bonchev–Trinajstić information content (AvgIpc) is 2.50. The molecule has 1 N–H and O–H groups in total. The van der Waals surface area contributed by atoms with Gasteiger partial charge in [-0.15, -0.1) is 0 Å². The molecule has 2 aromatic heterocycles. The van der Waals surface area contributed by atoms with Crippen LogP contribution in [-0.2, 0) is 6.54 Å². The monoisotopic (exact) mass is 315 g/mol. The van der Waals surface area contributed by atoms with Crippen LogP contribution in [0, 0.1) is 6.92 Å². The van der Waals surface area contributed by atoms with Crippen molar-refractivity contribution in [3.8, 4) is 0 Å². The first-order valence-corrected chi connectivity index (χ1v) is 7.10. The number of H-pyrrole nitrogens is 1. The van der Waals surface area contributed by atoms with E-state index in [9.17, 15) is 4.79 Å². The second-order valence-electron chi connectivity index (χ2n) is 5.00. The molecule has 6 nitrogen and oxygen atoms in total. The Balaban J connectivity index is 1.96. The molecular formula is C15H14ClN5O. The van der Waals surface area contributed by atoms with Crippen LogP contribution >= 0.6 is 11.6 Å². The summed E-state index contributed by atoms with van der Waals surface area (Å²) < 4.78 is 0. The number of para-hydroxylation sites is 1. The summed E-state index contributed by atoms with van der Waals surface area (Å²) in [5.74, 6) is 0.662. The molecule has 0 aliphatic carbocycles. The van der Waals surface area contributed by atoms with Crippen LogP contribution in [0.1, 0.15) is 11.5 Å². The van der Waals surface area contributed by atoms with Crippen molar-refractivity contribution in [3.63, 3.8) is 0 Å². The van der Waals surface area contributed by atoms with Gasteiger partial charge < -0.3 is 4.90 Å². The molecule has 0 aliphatic heterocycles. The van der Waals surface area contributed by atoms with E-state index in [-0.39, 0.29) is 5.02 Å². The molecule has 0 aliphatic rings. The van der Waals surface area contributed by atoms with Crippen LogP contribution in [0.3, 0.4) is 0 Å². The highest BCUT2D eigenvalue weighted by Crippen LogP contribution is 2.21. The van der Waals surface area contributed by atoms with E-state index in [1.807, 2.05) is 38.2 Å². The van der Waals surface area contributed by atoms with Crippen LogP contribution in [0.4, 0.5) is 5.69 Å². The summed E-state index contributed by atoms with van der Waals surface area (Å²) in [6.07, 6.45) is 1.51. The van der Waals surface area contributed by atoms with Gasteiger partial charge in [-0.3, -0.25) is 4.79 Å². The van der Waals surface area contributed by atoms with Gasteiger partial charge in [0.1, 0.15) is 10.8 Å². The first-order valence-electron chi connectivity index (χ1n) is 6.73. The Morgan fingerprint density at radius 1 is 1.27 bits per heavy atom. The molecule has 0 saturated heterocycles. The van der Waals surface area contributed by atoms with Gasteiger partial charge in [-0.1, -0.05) is 29.8 Å². The molecule has 0 radical (unpaired) electrons. The number of benzene rings is 1. The summed E-state index contributed by atoms with van der Waals surface area (Å²) >= 11 is 6.01. The van der Waals surface area contributed by atoms with Crippen molar-refractivity contribution >= 4 is 28.2 Å². The van der Waals surface area contributed by atoms with E-state index >= 15 is 0 Å². The Kier molecular flexibility index (Phi) is 3.77. The standard InChI is InChI=1S/C15H14ClN5O/c1-9-10-5-3-4-6-11(10)19-13(18-9)8-21(2)12-7-17-20-15(22)14(12)16/h3-7H,8H2,1-2H3,(H,20,22). The molecule has 0 spiro atoms. The lowest BCUT2D eigenvalue weighted by atomic mass is 10.2. The molecule has 0 amide bonds. The zero-order chi connectivity index (χ0) is 15.7. The first kappa shape index (κ1) is 14.5. The lowest BCUT2D eigenvalue weighted by molar-refractivity contribution is 0.829. The third-order valence-corrected chi connectivity index (χ3v) is 3.77. The Morgan fingerprint density at radius 3 is 2.86 bits per heavy atom. The summed E-state index contributed by atoms with van der Waals surface area (Å²) in [4.78, 5) is 22.4. The van der Waals surface area contributed by atoms with Crippen molar-refractivity contribution in [2.24, 2.45) is 0 Å². The Labute approximate surface area is 131 Å². The van der Waals surface area contributed by atoms with Gasteiger partial charge in [0.25, 0.3) is 5.56 Å². The highest BCUT2D eigenvalue weighted by molar-refractivity contribution is 6.32. The summed E-state index contributed by atoms with van der Waals surface area (Å²) in [6, 6.07) is 7.86. The number of aromatic amines is 1. The maximum absolute atomic E-state index is 11.5. The molecule has 112 valence electrons. The number of nitrogens with zero attached hydrogens (tertiary/aromatic N) is 4. The zero-order valence-electron chi connectivity index (χ0n) is 12.2. The number of rotatable bonds is 3. The molecule has 7 heteroatoms. The number of fused-ring (bicyclic) bond motifs is 1. The van der Waals surface area contributed by atoms with E-state index < -0.39 is 5.56 Å². The number of nitrogens with one attached hydrogen (secondary N) is 1. The van der Waals surface area contributed by atoms with E-state index in [4.69, 9.17) is 11.6 Å². The molecule has 2 heterocycles. The largest absolute Gasteiger partial charge is 0.364 e. The van der Waals surface area contributed by atoms with Crippen molar-refractivity contribution in [2.75, 3.05) is 11.9 Å². The molecule has 0 bridgehead atoms. The van der Waals surface area contributed by atoms with Crippen LogP contribution in [0.5, 0.6) is 0 Å². The van der Waals surface area contributed by atoms with E-state index in [1.54, 1.807) is 4.90 Å². The van der Waals surface area contributed by atoms with Crippen molar-refractivity contribution in [2.45, 2.75) is 13.5 Å². The van der Waals surface area contributed by atoms with Crippen molar-refractivity contribution in [3.05, 3.63) is 57.4 Å². The topological polar surface area (TPSA) is 74.8 Å². The van der Waals surface area contributed by atoms with Gasteiger partial charge in [-0.05, 0) is 13.0 Å². The number of halogens is 1. The van der Waals surface area contributed by atoms with Gasteiger partial charge >= 0.3 is 0 Å². The third kappa shape index (κ3) is 2.65. The molecule has 1 aromatic carbocycles. The predicted octanol–water partition coefficient (Wildman–Crippen LogP) is 2.31. The summed E-state index contributed by atoms with van der Waals surface area (Å²) in [5, 5.41) is 7.21. The number of hydrogen-bond donors (Lipinski definition) is 1. The smallest absolute Gasteiger partial charge is 0.285 e. The normalized spacial score (nSPS) is 10.9. The fourth-order valence-corrected chi connectivity index (χ4v) is 2.54. The Morgan fingerprint density at radius 2 is 2.05 bits per heavy atom. The maximum Gasteiger partial charge on any atom is 0.285 e. The zero-order valence-corrected chi connectivity index (χ0v) is 12.9. The molecule has 0 fully saturated rings. The minimum atomic E-state index is -0.415. The van der Waals surface area contributed by atoms with Gasteiger partial charge in [0.15, 0.2) is 0 Å². The second-order valence-corrected chi connectivity index (χ2v) is 5.37. The lowest BCUT2D eigenvalue weighted by Crippen LogP contribution is -2.22. The molecular weight excluding hydrogens is 302 g/mol. The highest BCUT2D eigenvalue weighted by atomic mass is 35.5. The predicted molar refractivity (Wildman–Crippen MR) is 86.2 cm³/mol. The number of hydrogen-bond acceptors (Lipinski definition) is 5. The average molecular weight is 316 g/mol. The van der Waals surface area contributed by atoms with Gasteiger partial charge in [0.2, 0.25) is 0 Å². The lowest BCUT2D eigenvalue weighted by Gasteiger charge is -2.19. The summed E-state index contributed by atoms with van der Waals surface area (Å²) in [5.41, 5.74) is 1.94. The molecule has 3 aromatic rings. The van der Waals surface area contributed by atoms with Crippen molar-refractivity contribution < 1.29 is 0 Å². The fraction of sp³-hybridized carbons (Fsp3) is 0.200. The Hall–Kier alpha value is -2.47. The first-order chi connectivity index (χ1) is 10.6. The summed E-state index contributed by atoms with van der Waals surface area (Å²) in [6.45, 7) is 2.38. The van der Waals surface area contributed by atoms with Gasteiger partial charge in [-0.2, -0.15) is 5.10 Å². The molecule has 3 rings (SSSR count). The molecule has 0 saturated carbocycles. The minimum absolute atomic E-state index is 0.106. The molecule has 0 atom stereocenters. The van der Waals surface area contributed by atoms with Crippen molar-refractivity contribution in [1.29, 1.82) is 0 Å². The minimum Gasteiger partial charge on any atom is -0.364 e. The van der Waals surface area contributed by atoms with Crippen LogP contribution in [-0.4, -0.2) is 27.2 Å². The van der Waals surface area contributed by atoms with E-state index in [2.05, 4.69) is 20.2 Å². The third-order valence-electron chi connectivity index (χ3n) is 3.41. The highest BCUT2D eigenvalue weighted by Gasteiger charge is 2.12. The summed E-state index contributed by atoms with van der Waals surface area (Å²) in [7, 11) is 1.82. The SMILES string of the molecule is Cc1nc(CN(C)c2cn[nH]c(=O)c2Cl)nc2ccccc12. The van der Waals surface area contributed by atoms with E-state index in [0.717, 1.165) is 16.6 Å². The maximum atomic E-state index is 11.5. The molecule has 0 unspecified atom stereocenters. The van der Waals surface area contributed by atoms with Crippen LogP contribution in [0.25, 0.3) is 10.9 Å². The van der Waals surface area contributed by atoms with Gasteiger partial charge in [0, 0.05) is 18.1 Å². The van der Waals surface area contributed by atoms with E-state index in [0.29, 0.717) is 18.1 Å². The molecule has 22 heavy (non-hydrogen) atoms. The van der Waals surface area contributed by atoms with Crippen molar-refractivity contribution in [1.82, 2.24) is 20.2 Å². The van der Waals surface area contributed by atoms with Crippen LogP contribution in [0.2, 0.25) is 5.02 Å². The number of aromatic nitrogens is 4. The second kappa shape index (κ2) is 5.73. The van der Waals surface area contributed by atoms with Gasteiger partial charge in [-0.25, -0.2) is 15.1 Å². The quantitative estimate of drug-likeness (QED) is 0.802. The van der Waals surface area contributed by atoms with E-state index in [1.165, 1.54) is 6.20 Å². The van der Waals surface area contributed by atoms with Crippen LogP contribution in [0.15, 0.2) is 35.3 Å². The number of aryl methyl sites for hydroxylation is 1.